The monoisotopic (exact) mass is 564 g/mol. The van der Waals surface area contributed by atoms with Crippen LogP contribution in [0.1, 0.15) is 113 Å². The van der Waals surface area contributed by atoms with E-state index in [1.807, 2.05) is 34.0 Å². The second-order valence-corrected chi connectivity index (χ2v) is 14.8. The quantitative estimate of drug-likeness (QED) is 0.111. The number of hydrogen-bond donors (Lipinski definition) is 0. The first-order valence-electron chi connectivity index (χ1n) is 13.5. The van der Waals surface area contributed by atoms with Crippen molar-refractivity contribution in [2.75, 3.05) is 0 Å². The summed E-state index contributed by atoms with van der Waals surface area (Å²) < 4.78 is 2.66. The lowest BCUT2D eigenvalue weighted by Crippen LogP contribution is -1.83. The zero-order valence-corrected chi connectivity index (χ0v) is 25.5. The maximum atomic E-state index is 9.72. The van der Waals surface area contributed by atoms with Crippen molar-refractivity contribution in [3.63, 3.8) is 0 Å². The molecular formula is C31H36N2S4. The van der Waals surface area contributed by atoms with Gasteiger partial charge in [-0.25, -0.2) is 4.85 Å². The van der Waals surface area contributed by atoms with Crippen LogP contribution in [0, 0.1) is 17.9 Å². The Morgan fingerprint density at radius 1 is 0.784 bits per heavy atom. The highest BCUT2D eigenvalue weighted by molar-refractivity contribution is 7.28. The van der Waals surface area contributed by atoms with E-state index in [4.69, 9.17) is 6.57 Å². The molecule has 4 rings (SSSR count). The number of fused-ring (bicyclic) bond motifs is 1. The highest BCUT2D eigenvalue weighted by atomic mass is 32.1. The lowest BCUT2D eigenvalue weighted by Gasteiger charge is -2.00. The van der Waals surface area contributed by atoms with Crippen molar-refractivity contribution in [2.24, 2.45) is 0 Å². The van der Waals surface area contributed by atoms with Gasteiger partial charge in [0.15, 0.2) is 0 Å². The van der Waals surface area contributed by atoms with E-state index in [1.54, 1.807) is 11.3 Å². The summed E-state index contributed by atoms with van der Waals surface area (Å²) in [4.78, 5) is 11.5. The first-order chi connectivity index (χ1) is 18.0. The van der Waals surface area contributed by atoms with E-state index in [0.717, 1.165) is 30.5 Å². The fourth-order valence-electron chi connectivity index (χ4n) is 4.64. The molecule has 4 heterocycles. The Morgan fingerprint density at radius 2 is 1.41 bits per heavy atom. The van der Waals surface area contributed by atoms with Crippen molar-refractivity contribution in [2.45, 2.75) is 97.3 Å². The Morgan fingerprint density at radius 3 is 2.00 bits per heavy atom. The Labute approximate surface area is 238 Å². The Hall–Kier alpha value is -1.96. The third-order valence-electron chi connectivity index (χ3n) is 6.73. The number of rotatable bonds is 14. The fourth-order valence-corrected chi connectivity index (χ4v) is 9.60. The summed E-state index contributed by atoms with van der Waals surface area (Å²) in [6.45, 7) is 14.2. The van der Waals surface area contributed by atoms with Crippen molar-refractivity contribution in [1.82, 2.24) is 0 Å². The van der Waals surface area contributed by atoms with Crippen LogP contribution in [-0.4, -0.2) is 0 Å². The van der Waals surface area contributed by atoms with E-state index in [2.05, 4.69) is 56.0 Å². The topological polar surface area (TPSA) is 28.1 Å². The SMILES string of the molecule is [C-]#[N+]c1cc(C(C)C)sc1Cc1cc2sc(Cc3sc(CCCCCCCCCC)cc3C#N)cc2s1. The lowest BCUT2D eigenvalue weighted by molar-refractivity contribution is 0.576. The molecule has 0 saturated heterocycles. The van der Waals surface area contributed by atoms with Crippen LogP contribution < -0.4 is 0 Å². The predicted molar refractivity (Wildman–Crippen MR) is 165 cm³/mol. The minimum absolute atomic E-state index is 0.463. The van der Waals surface area contributed by atoms with Gasteiger partial charge < -0.3 is 0 Å². The number of thiophene rings is 4. The summed E-state index contributed by atoms with van der Waals surface area (Å²) in [6.07, 6.45) is 13.5. The number of nitrogens with zero attached hydrogens (tertiary/aromatic N) is 2. The zero-order valence-electron chi connectivity index (χ0n) is 22.2. The predicted octanol–water partition coefficient (Wildman–Crippen LogP) is 11.5. The van der Waals surface area contributed by atoms with Gasteiger partial charge in [-0.05, 0) is 47.9 Å². The smallest absolute Gasteiger partial charge is 0.201 e. The summed E-state index contributed by atoms with van der Waals surface area (Å²) in [5.74, 6) is 0.463. The van der Waals surface area contributed by atoms with E-state index in [1.165, 1.54) is 90.0 Å². The molecule has 4 aromatic rings. The molecule has 0 atom stereocenters. The largest absolute Gasteiger partial charge is 0.237 e. The van der Waals surface area contributed by atoms with Gasteiger partial charge in [0.1, 0.15) is 6.07 Å². The van der Waals surface area contributed by atoms with E-state index >= 15 is 0 Å². The van der Waals surface area contributed by atoms with Crippen LogP contribution in [0.25, 0.3) is 14.2 Å². The Bertz CT molecular complexity index is 1350. The molecule has 37 heavy (non-hydrogen) atoms. The number of unbranched alkanes of at least 4 members (excludes halogenated alkanes) is 7. The van der Waals surface area contributed by atoms with E-state index < -0.39 is 0 Å². The molecule has 0 saturated carbocycles. The summed E-state index contributed by atoms with van der Waals surface area (Å²) in [7, 11) is 0. The molecule has 0 aliphatic heterocycles. The minimum atomic E-state index is 0.463. The Balaban J connectivity index is 1.34. The molecule has 6 heteroatoms. The zero-order chi connectivity index (χ0) is 26.2. The van der Waals surface area contributed by atoms with Gasteiger partial charge in [-0.3, -0.25) is 0 Å². The number of hydrogen-bond acceptors (Lipinski definition) is 5. The van der Waals surface area contributed by atoms with Crippen LogP contribution >= 0.6 is 45.3 Å². The first kappa shape index (κ1) is 28.1. The summed E-state index contributed by atoms with van der Waals surface area (Å²) in [6, 6.07) is 11.3. The molecule has 0 aromatic carbocycles. The van der Waals surface area contributed by atoms with Gasteiger partial charge in [0.2, 0.25) is 5.69 Å². The van der Waals surface area contributed by atoms with Crippen molar-refractivity contribution in [1.29, 1.82) is 5.26 Å². The first-order valence-corrected chi connectivity index (χ1v) is 16.8. The van der Waals surface area contributed by atoms with Gasteiger partial charge in [0.05, 0.1) is 12.1 Å². The van der Waals surface area contributed by atoms with Gasteiger partial charge >= 0.3 is 0 Å². The van der Waals surface area contributed by atoms with Crippen LogP contribution in [0.3, 0.4) is 0 Å². The highest BCUT2D eigenvalue weighted by Crippen LogP contribution is 2.40. The third kappa shape index (κ3) is 7.55. The highest BCUT2D eigenvalue weighted by Gasteiger charge is 2.16. The fraction of sp³-hybridized carbons (Fsp3) is 0.484. The van der Waals surface area contributed by atoms with Crippen LogP contribution in [0.2, 0.25) is 0 Å². The molecule has 0 N–H and O–H groups in total. The van der Waals surface area contributed by atoms with Gasteiger partial charge in [-0.2, -0.15) is 16.6 Å². The number of nitriles is 1. The molecule has 0 unspecified atom stereocenters. The molecule has 0 aliphatic rings. The molecule has 0 aliphatic carbocycles. The molecule has 0 radical (unpaired) electrons. The molecular weight excluding hydrogens is 529 g/mol. The van der Waals surface area contributed by atoms with Crippen molar-refractivity contribution in [3.8, 4) is 6.07 Å². The van der Waals surface area contributed by atoms with Crippen molar-refractivity contribution >= 4 is 60.4 Å². The van der Waals surface area contributed by atoms with E-state index in [0.29, 0.717) is 5.92 Å². The normalized spacial score (nSPS) is 11.4. The van der Waals surface area contributed by atoms with E-state index in [9.17, 15) is 5.26 Å². The molecule has 2 nitrogen and oxygen atoms in total. The number of aryl methyl sites for hydroxylation is 1. The second kappa shape index (κ2) is 13.7. The average molecular weight is 565 g/mol. The summed E-state index contributed by atoms with van der Waals surface area (Å²) in [5, 5.41) is 9.72. The molecule has 0 amide bonds. The minimum Gasteiger partial charge on any atom is -0.237 e. The Kier molecular flexibility index (Phi) is 10.4. The molecule has 194 valence electrons. The molecule has 0 fully saturated rings. The van der Waals surface area contributed by atoms with Crippen LogP contribution in [0.4, 0.5) is 5.69 Å². The third-order valence-corrected chi connectivity index (χ3v) is 11.6. The lowest BCUT2D eigenvalue weighted by atomic mass is 10.1. The maximum Gasteiger partial charge on any atom is 0.201 e. The van der Waals surface area contributed by atoms with Gasteiger partial charge in [-0.15, -0.1) is 34.0 Å². The van der Waals surface area contributed by atoms with Crippen molar-refractivity contribution < 1.29 is 0 Å². The summed E-state index contributed by atoms with van der Waals surface area (Å²) in [5.41, 5.74) is 1.68. The molecule has 0 spiro atoms. The molecule has 0 bridgehead atoms. The van der Waals surface area contributed by atoms with E-state index in [-0.39, 0.29) is 0 Å². The van der Waals surface area contributed by atoms with Gasteiger partial charge in [0.25, 0.3) is 0 Å². The second-order valence-electron chi connectivity index (χ2n) is 10.1. The van der Waals surface area contributed by atoms with Crippen LogP contribution in [-0.2, 0) is 19.3 Å². The maximum absolute atomic E-state index is 9.72. The molecule has 4 aromatic heterocycles. The average Bonchev–Trinajstić information content (AvgIpc) is 3.64. The summed E-state index contributed by atoms with van der Waals surface area (Å²) >= 11 is 7.34. The van der Waals surface area contributed by atoms with Crippen molar-refractivity contribution in [3.05, 3.63) is 70.5 Å². The van der Waals surface area contributed by atoms with Gasteiger partial charge in [0, 0.05) is 46.6 Å². The van der Waals surface area contributed by atoms with Gasteiger partial charge in [-0.1, -0.05) is 65.7 Å². The van der Waals surface area contributed by atoms with Crippen LogP contribution in [0.15, 0.2) is 24.3 Å². The standard InChI is InChI=1S/C31H36N2S4/c1-5-6-7-8-9-10-11-12-13-23-14-22(20-32)28(34-23)15-24-17-30-31(35-24)18-25(36-30)16-29-26(33-4)19-27(37-29)21(2)3/h14,17-19,21H,5-13,15-16H2,1-3H3. The van der Waals surface area contributed by atoms with Crippen LogP contribution in [0.5, 0.6) is 0 Å².